The summed E-state index contributed by atoms with van der Waals surface area (Å²) in [4.78, 5) is 3.11. The maximum atomic E-state index is 5.33. The molecule has 0 unspecified atom stereocenters. The van der Waals surface area contributed by atoms with Crippen LogP contribution in [0.25, 0.3) is 0 Å². The first kappa shape index (κ1) is 14.0. The van der Waals surface area contributed by atoms with Crippen LogP contribution < -0.4 is 16.0 Å². The molecular formula is C7H21N3O3Si. The van der Waals surface area contributed by atoms with E-state index in [1.807, 2.05) is 0 Å². The first-order valence-corrected chi connectivity index (χ1v) is 6.28. The van der Waals surface area contributed by atoms with Crippen molar-refractivity contribution < 1.29 is 13.3 Å². The Hall–Kier alpha value is -0.0231. The van der Waals surface area contributed by atoms with Crippen LogP contribution in [-0.2, 0) is 13.3 Å². The summed E-state index contributed by atoms with van der Waals surface area (Å²) < 4.78 is 15.5. The number of nitrogens with two attached hydrogens (primary N) is 1. The first-order chi connectivity index (χ1) is 6.74. The topological polar surface area (TPSA) is 77.8 Å². The molecule has 0 aromatic rings. The second-order valence-electron chi connectivity index (χ2n) is 2.63. The van der Waals surface area contributed by atoms with Crippen LogP contribution in [0.2, 0.25) is 0 Å². The Morgan fingerprint density at radius 3 is 2.00 bits per heavy atom. The lowest BCUT2D eigenvalue weighted by molar-refractivity contribution is 0.110. The van der Waals surface area contributed by atoms with Crippen molar-refractivity contribution >= 4 is 8.97 Å². The van der Waals surface area contributed by atoms with Gasteiger partial charge in [0, 0.05) is 47.5 Å². The Morgan fingerprint density at radius 1 is 1.00 bits per heavy atom. The summed E-state index contributed by atoms with van der Waals surface area (Å²) in [5.41, 5.74) is 5.33. The number of hydrogen-bond donors (Lipinski definition) is 3. The van der Waals surface area contributed by atoms with E-state index in [9.17, 15) is 0 Å². The zero-order valence-corrected chi connectivity index (χ0v) is 10.1. The molecule has 0 spiro atoms. The van der Waals surface area contributed by atoms with Gasteiger partial charge < -0.3 is 24.3 Å². The molecule has 0 fully saturated rings. The zero-order chi connectivity index (χ0) is 10.9. The van der Waals surface area contributed by atoms with Crippen molar-refractivity contribution in [1.29, 1.82) is 0 Å². The number of rotatable bonds is 9. The van der Waals surface area contributed by atoms with Crippen LogP contribution in [0.1, 0.15) is 0 Å². The third kappa shape index (κ3) is 5.01. The van der Waals surface area contributed by atoms with Gasteiger partial charge >= 0.3 is 8.97 Å². The minimum atomic E-state index is -2.60. The minimum absolute atomic E-state index is 0.640. The van der Waals surface area contributed by atoms with Crippen molar-refractivity contribution in [2.45, 2.75) is 0 Å². The Morgan fingerprint density at radius 2 is 1.57 bits per heavy atom. The summed E-state index contributed by atoms with van der Waals surface area (Å²) in [6, 6.07) is 0. The van der Waals surface area contributed by atoms with E-state index in [1.54, 1.807) is 21.3 Å². The molecular weight excluding hydrogens is 202 g/mol. The molecule has 7 heteroatoms. The molecule has 0 heterocycles. The summed E-state index contributed by atoms with van der Waals surface area (Å²) in [6.45, 7) is 2.98. The standard InChI is InChI=1S/C7H21N3O3Si/c1-11-14(12-2,13-3)10-7-6-9-5-4-8/h9-10H,4-8H2,1-3H3. The molecule has 0 aromatic heterocycles. The van der Waals surface area contributed by atoms with Gasteiger partial charge in [-0.2, -0.15) is 0 Å². The zero-order valence-electron chi connectivity index (χ0n) is 9.13. The first-order valence-electron chi connectivity index (χ1n) is 4.56. The van der Waals surface area contributed by atoms with Crippen molar-refractivity contribution in [2.24, 2.45) is 5.73 Å². The number of hydrogen-bond acceptors (Lipinski definition) is 6. The highest BCUT2D eigenvalue weighted by atomic mass is 28.4. The Balaban J connectivity index is 3.61. The van der Waals surface area contributed by atoms with Crippen molar-refractivity contribution in [1.82, 2.24) is 10.3 Å². The molecule has 86 valence electrons. The molecule has 0 amide bonds. The molecule has 0 rings (SSSR count). The van der Waals surface area contributed by atoms with Crippen molar-refractivity contribution in [3.63, 3.8) is 0 Å². The maximum Gasteiger partial charge on any atom is 0.596 e. The van der Waals surface area contributed by atoms with Crippen LogP contribution in [0.15, 0.2) is 0 Å². The summed E-state index contributed by atoms with van der Waals surface area (Å²) in [7, 11) is 2.11. The van der Waals surface area contributed by atoms with Crippen molar-refractivity contribution in [2.75, 3.05) is 47.5 Å². The fourth-order valence-electron chi connectivity index (χ4n) is 0.998. The summed E-state index contributed by atoms with van der Waals surface area (Å²) in [6.07, 6.45) is 0. The van der Waals surface area contributed by atoms with Gasteiger partial charge in [-0.05, 0) is 0 Å². The molecule has 0 saturated heterocycles. The Labute approximate surface area is 86.5 Å². The minimum Gasteiger partial charge on any atom is -0.364 e. The Bertz CT molecular complexity index is 127. The lowest BCUT2D eigenvalue weighted by Crippen LogP contribution is -2.58. The summed E-state index contributed by atoms with van der Waals surface area (Å²) in [5.74, 6) is 0. The van der Waals surface area contributed by atoms with Gasteiger partial charge in [-0.3, -0.25) is 4.98 Å². The van der Waals surface area contributed by atoms with Crippen LogP contribution in [0, 0.1) is 0 Å². The van der Waals surface area contributed by atoms with Crippen molar-refractivity contribution in [3.8, 4) is 0 Å². The highest BCUT2D eigenvalue weighted by Gasteiger charge is 2.38. The highest BCUT2D eigenvalue weighted by molar-refractivity contribution is 6.57. The predicted octanol–water partition coefficient (Wildman–Crippen LogP) is -1.50. The second-order valence-corrected chi connectivity index (χ2v) is 5.32. The fourth-order valence-corrected chi connectivity index (χ4v) is 2.36. The van der Waals surface area contributed by atoms with Gasteiger partial charge in [0.25, 0.3) is 0 Å². The molecule has 0 aromatic carbocycles. The normalized spacial score (nSPS) is 12.0. The monoisotopic (exact) mass is 223 g/mol. The number of nitrogens with one attached hydrogen (secondary N) is 2. The SMILES string of the molecule is CO[Si](NCCNCCN)(OC)OC. The highest BCUT2D eigenvalue weighted by Crippen LogP contribution is 1.99. The van der Waals surface area contributed by atoms with Gasteiger partial charge in [0.2, 0.25) is 0 Å². The molecule has 0 atom stereocenters. The summed E-state index contributed by atoms with van der Waals surface area (Å²) in [5, 5.41) is 3.15. The van der Waals surface area contributed by atoms with Gasteiger partial charge in [-0.15, -0.1) is 0 Å². The van der Waals surface area contributed by atoms with E-state index in [0.717, 1.165) is 19.6 Å². The third-order valence-corrected chi connectivity index (χ3v) is 4.07. The van der Waals surface area contributed by atoms with Crippen LogP contribution in [0.3, 0.4) is 0 Å². The van der Waals surface area contributed by atoms with Gasteiger partial charge in [0.05, 0.1) is 0 Å². The van der Waals surface area contributed by atoms with E-state index in [1.165, 1.54) is 0 Å². The molecule has 0 aliphatic rings. The lowest BCUT2D eigenvalue weighted by atomic mass is 10.6. The average Bonchev–Trinajstić information content (AvgIpc) is 2.24. The molecule has 4 N–H and O–H groups in total. The van der Waals surface area contributed by atoms with E-state index in [2.05, 4.69) is 10.3 Å². The van der Waals surface area contributed by atoms with Crippen LogP contribution in [0.5, 0.6) is 0 Å². The lowest BCUT2D eigenvalue weighted by Gasteiger charge is -2.24. The van der Waals surface area contributed by atoms with E-state index >= 15 is 0 Å². The molecule has 0 radical (unpaired) electrons. The third-order valence-electron chi connectivity index (χ3n) is 1.77. The summed E-state index contributed by atoms with van der Waals surface area (Å²) >= 11 is 0. The average molecular weight is 223 g/mol. The van der Waals surface area contributed by atoms with E-state index in [4.69, 9.17) is 19.0 Å². The molecule has 0 aliphatic heterocycles. The van der Waals surface area contributed by atoms with E-state index in [-0.39, 0.29) is 0 Å². The van der Waals surface area contributed by atoms with E-state index < -0.39 is 8.97 Å². The van der Waals surface area contributed by atoms with E-state index in [0.29, 0.717) is 6.54 Å². The predicted molar refractivity (Wildman–Crippen MR) is 56.7 cm³/mol. The van der Waals surface area contributed by atoms with Gasteiger partial charge in [-0.1, -0.05) is 0 Å². The molecule has 6 nitrogen and oxygen atoms in total. The largest absolute Gasteiger partial charge is 0.596 e. The smallest absolute Gasteiger partial charge is 0.364 e. The Kier molecular flexibility index (Phi) is 8.29. The van der Waals surface area contributed by atoms with Crippen LogP contribution in [-0.4, -0.2) is 56.5 Å². The fraction of sp³-hybridized carbons (Fsp3) is 1.00. The molecule has 0 bridgehead atoms. The maximum absolute atomic E-state index is 5.33. The molecule has 0 aliphatic carbocycles. The van der Waals surface area contributed by atoms with Crippen LogP contribution in [0.4, 0.5) is 0 Å². The van der Waals surface area contributed by atoms with Crippen molar-refractivity contribution in [3.05, 3.63) is 0 Å². The molecule has 0 saturated carbocycles. The second kappa shape index (κ2) is 8.30. The van der Waals surface area contributed by atoms with Gasteiger partial charge in [-0.25, -0.2) is 0 Å². The van der Waals surface area contributed by atoms with Gasteiger partial charge in [0.15, 0.2) is 0 Å². The van der Waals surface area contributed by atoms with Crippen LogP contribution >= 0.6 is 0 Å². The van der Waals surface area contributed by atoms with Gasteiger partial charge in [0.1, 0.15) is 0 Å². The molecule has 14 heavy (non-hydrogen) atoms. The quantitative estimate of drug-likeness (QED) is 0.326.